The van der Waals surface area contributed by atoms with Gasteiger partial charge in [-0.3, -0.25) is 9.59 Å². The Labute approximate surface area is 186 Å². The number of carbonyl (C=O) groups is 4. The minimum absolute atomic E-state index is 0.0136. The molecule has 9 nitrogen and oxygen atoms in total. The van der Waals surface area contributed by atoms with Crippen molar-refractivity contribution < 1.29 is 33.0 Å². The summed E-state index contributed by atoms with van der Waals surface area (Å²) < 4.78 is 25.1. The largest absolute Gasteiger partial charge is 0.467 e. The topological polar surface area (TPSA) is 123 Å². The van der Waals surface area contributed by atoms with E-state index in [1.54, 1.807) is 38.1 Å². The van der Waals surface area contributed by atoms with Gasteiger partial charge >= 0.3 is 12.1 Å². The van der Waals surface area contributed by atoms with Crippen LogP contribution in [0.5, 0.6) is 0 Å². The number of alkyl halides is 1. The first-order chi connectivity index (χ1) is 15.0. The molecule has 0 aromatic heterocycles. The van der Waals surface area contributed by atoms with E-state index in [1.165, 1.54) is 13.8 Å². The smallest absolute Gasteiger partial charge is 0.408 e. The zero-order valence-corrected chi connectivity index (χ0v) is 18.9. The van der Waals surface area contributed by atoms with Crippen molar-refractivity contribution in [2.75, 3.05) is 7.11 Å². The number of hydrogen-bond acceptors (Lipinski definition) is 6. The molecular formula is C22H30FN3O6. The fraction of sp³-hybridized carbons (Fsp3) is 0.545. The number of rotatable bonds is 9. The third-order valence-corrected chi connectivity index (χ3v) is 5.59. The fourth-order valence-corrected chi connectivity index (χ4v) is 3.39. The Balaban J connectivity index is 2.01. The zero-order valence-electron chi connectivity index (χ0n) is 18.9. The Hall–Kier alpha value is -3.17. The summed E-state index contributed by atoms with van der Waals surface area (Å²) in [7, 11) is 1.16. The molecule has 0 radical (unpaired) electrons. The van der Waals surface area contributed by atoms with Crippen molar-refractivity contribution in [2.45, 2.75) is 64.0 Å². The van der Waals surface area contributed by atoms with Crippen molar-refractivity contribution in [1.29, 1.82) is 0 Å². The third-order valence-electron chi connectivity index (χ3n) is 5.59. The molecule has 4 atom stereocenters. The van der Waals surface area contributed by atoms with Crippen LogP contribution in [0.3, 0.4) is 0 Å². The molecule has 0 saturated heterocycles. The normalized spacial score (nSPS) is 23.5. The summed E-state index contributed by atoms with van der Waals surface area (Å²) in [6.07, 6.45) is -1.09. The number of methoxy groups -OCH3 is 1. The number of carbonyl (C=O) groups excluding carboxylic acids is 4. The second kappa shape index (κ2) is 9.97. The Morgan fingerprint density at radius 2 is 1.66 bits per heavy atom. The van der Waals surface area contributed by atoms with E-state index in [4.69, 9.17) is 4.74 Å². The van der Waals surface area contributed by atoms with Gasteiger partial charge in [-0.05, 0) is 25.3 Å². The van der Waals surface area contributed by atoms with E-state index >= 15 is 4.39 Å². The maximum atomic E-state index is 15.4. The van der Waals surface area contributed by atoms with Gasteiger partial charge in [-0.1, -0.05) is 44.2 Å². The van der Waals surface area contributed by atoms with Crippen molar-refractivity contribution in [1.82, 2.24) is 16.0 Å². The Morgan fingerprint density at radius 3 is 2.19 bits per heavy atom. The fourth-order valence-electron chi connectivity index (χ4n) is 3.39. The quantitative estimate of drug-likeness (QED) is 0.490. The number of benzene rings is 1. The van der Waals surface area contributed by atoms with E-state index < -0.39 is 53.1 Å². The van der Waals surface area contributed by atoms with Gasteiger partial charge < -0.3 is 25.4 Å². The molecule has 10 heteroatoms. The maximum Gasteiger partial charge on any atom is 0.408 e. The number of amides is 3. The van der Waals surface area contributed by atoms with Crippen molar-refractivity contribution in [2.24, 2.45) is 5.92 Å². The lowest BCUT2D eigenvalue weighted by Crippen LogP contribution is -2.60. The molecule has 32 heavy (non-hydrogen) atoms. The van der Waals surface area contributed by atoms with E-state index in [9.17, 15) is 19.2 Å². The lowest BCUT2D eigenvalue weighted by atomic mass is 9.99. The molecule has 176 valence electrons. The van der Waals surface area contributed by atoms with Gasteiger partial charge in [0.2, 0.25) is 11.8 Å². The molecule has 1 aromatic carbocycles. The molecule has 1 aliphatic carbocycles. The van der Waals surface area contributed by atoms with Gasteiger partial charge in [0.25, 0.3) is 0 Å². The average molecular weight is 451 g/mol. The second-order valence-electron chi connectivity index (χ2n) is 8.23. The highest BCUT2D eigenvalue weighted by molar-refractivity contribution is 5.99. The van der Waals surface area contributed by atoms with Gasteiger partial charge in [-0.25, -0.2) is 14.0 Å². The number of nitrogens with one attached hydrogen (secondary N) is 3. The van der Waals surface area contributed by atoms with Crippen molar-refractivity contribution in [3.8, 4) is 0 Å². The van der Waals surface area contributed by atoms with Gasteiger partial charge in [-0.2, -0.15) is 0 Å². The number of halogens is 1. The van der Waals surface area contributed by atoms with Crippen LogP contribution in [-0.2, 0) is 30.5 Å². The number of alkyl carbamates (subject to hydrolysis) is 1. The van der Waals surface area contributed by atoms with Gasteiger partial charge in [0.1, 0.15) is 24.4 Å². The summed E-state index contributed by atoms with van der Waals surface area (Å²) >= 11 is 0. The number of ether oxygens (including phenoxy) is 2. The first kappa shape index (κ1) is 25.1. The lowest BCUT2D eigenvalue weighted by Gasteiger charge is -2.26. The van der Waals surface area contributed by atoms with E-state index in [1.807, 2.05) is 6.07 Å². The molecule has 0 spiro atoms. The zero-order chi connectivity index (χ0) is 24.1. The van der Waals surface area contributed by atoms with E-state index in [0.29, 0.717) is 0 Å². The average Bonchev–Trinajstić information content (AvgIpc) is 3.38. The van der Waals surface area contributed by atoms with Gasteiger partial charge in [0.15, 0.2) is 5.54 Å². The van der Waals surface area contributed by atoms with Crippen LogP contribution in [0.2, 0.25) is 0 Å². The van der Waals surface area contributed by atoms with Crippen molar-refractivity contribution >= 4 is 23.9 Å². The Kier molecular flexibility index (Phi) is 7.82. The summed E-state index contributed by atoms with van der Waals surface area (Å²) in [6.45, 7) is 5.98. The van der Waals surface area contributed by atoms with Crippen molar-refractivity contribution in [3.05, 3.63) is 35.9 Å². The Morgan fingerprint density at radius 1 is 1.03 bits per heavy atom. The highest BCUT2D eigenvalue weighted by Crippen LogP contribution is 2.56. The predicted octanol–water partition coefficient (Wildman–Crippen LogP) is 1.60. The molecule has 1 saturated carbocycles. The minimum Gasteiger partial charge on any atom is -0.467 e. The monoisotopic (exact) mass is 451 g/mol. The lowest BCUT2D eigenvalue weighted by molar-refractivity contribution is -0.145. The summed E-state index contributed by atoms with van der Waals surface area (Å²) in [5.41, 5.74) is -3.09. The van der Waals surface area contributed by atoms with Gasteiger partial charge in [0, 0.05) is 6.42 Å². The number of esters is 1. The summed E-state index contributed by atoms with van der Waals surface area (Å²) in [6, 6.07) is 6.85. The third kappa shape index (κ3) is 5.35. The predicted molar refractivity (Wildman–Crippen MR) is 113 cm³/mol. The minimum atomic E-state index is -2.00. The standard InChI is InChI=1S/C22H30FN3O6/c1-13(2)21(23)12-22(21,19(29)24-15(4)18(28)31-5)26-17(27)14(3)25-20(30)32-11-16-9-7-6-8-10-16/h6-10,13-15H,11-12H2,1-5H3,(H,24,29)(H,25,30)(H,26,27)/t14-,15-,21+,22-/m0/s1. The van der Waals surface area contributed by atoms with Crippen LogP contribution in [-0.4, -0.2) is 54.3 Å². The molecule has 0 bridgehead atoms. The molecule has 3 amide bonds. The Bertz CT molecular complexity index is 864. The van der Waals surface area contributed by atoms with Crippen LogP contribution in [0.25, 0.3) is 0 Å². The molecular weight excluding hydrogens is 421 g/mol. The molecule has 3 N–H and O–H groups in total. The van der Waals surface area contributed by atoms with Crippen LogP contribution < -0.4 is 16.0 Å². The molecule has 1 aromatic rings. The highest BCUT2D eigenvalue weighted by Gasteiger charge is 2.76. The van der Waals surface area contributed by atoms with E-state index in [2.05, 4.69) is 20.7 Å². The van der Waals surface area contributed by atoms with Gasteiger partial charge in [-0.15, -0.1) is 0 Å². The maximum absolute atomic E-state index is 15.4. The second-order valence-corrected chi connectivity index (χ2v) is 8.23. The van der Waals surface area contributed by atoms with E-state index in [0.717, 1.165) is 12.7 Å². The summed E-state index contributed by atoms with van der Waals surface area (Å²) in [5, 5.41) is 7.18. The van der Waals surface area contributed by atoms with Crippen LogP contribution in [0.4, 0.5) is 9.18 Å². The highest BCUT2D eigenvalue weighted by atomic mass is 19.1. The van der Waals surface area contributed by atoms with Gasteiger partial charge in [0.05, 0.1) is 7.11 Å². The summed E-state index contributed by atoms with van der Waals surface area (Å²) in [5.74, 6) is -2.88. The number of hydrogen-bond donors (Lipinski definition) is 3. The van der Waals surface area contributed by atoms with Crippen LogP contribution in [0, 0.1) is 5.92 Å². The van der Waals surface area contributed by atoms with E-state index in [-0.39, 0.29) is 13.0 Å². The molecule has 0 aliphatic heterocycles. The van der Waals surface area contributed by atoms with Crippen LogP contribution in [0.15, 0.2) is 30.3 Å². The molecule has 1 fully saturated rings. The summed E-state index contributed by atoms with van der Waals surface area (Å²) in [4.78, 5) is 49.2. The van der Waals surface area contributed by atoms with Crippen LogP contribution >= 0.6 is 0 Å². The molecule has 0 unspecified atom stereocenters. The molecule has 2 rings (SSSR count). The molecule has 0 heterocycles. The molecule has 1 aliphatic rings. The van der Waals surface area contributed by atoms with Crippen molar-refractivity contribution in [3.63, 3.8) is 0 Å². The first-order valence-electron chi connectivity index (χ1n) is 10.3. The SMILES string of the molecule is COC(=O)[C@H](C)NC(=O)[C@@]1(NC(=O)[C@H](C)NC(=O)OCc2ccccc2)C[C@@]1(F)C(C)C. The van der Waals surface area contributed by atoms with Crippen LogP contribution in [0.1, 0.15) is 39.7 Å². The first-order valence-corrected chi connectivity index (χ1v) is 10.3.